The number of hydrogen-bond acceptors (Lipinski definition) is 5. The number of anilines is 1. The van der Waals surface area contributed by atoms with Gasteiger partial charge >= 0.3 is 6.09 Å². The largest absolute Gasteiger partial charge is 0.444 e. The van der Waals surface area contributed by atoms with Crippen molar-refractivity contribution in [1.29, 1.82) is 0 Å². The third-order valence-corrected chi connectivity index (χ3v) is 6.55. The first kappa shape index (κ1) is 30.8. The Morgan fingerprint density at radius 3 is 2.08 bits per heavy atom. The highest BCUT2D eigenvalue weighted by Gasteiger charge is 2.38. The van der Waals surface area contributed by atoms with Crippen molar-refractivity contribution < 1.29 is 24.2 Å². The summed E-state index contributed by atoms with van der Waals surface area (Å²) in [6.07, 6.45) is -0.115. The fourth-order valence-electron chi connectivity index (χ4n) is 4.32. The molecule has 0 fully saturated rings. The number of nitrogens with one attached hydrogen (secondary N) is 2. The fourth-order valence-corrected chi connectivity index (χ4v) is 4.32. The Bertz CT molecular complexity index is 1100. The summed E-state index contributed by atoms with van der Waals surface area (Å²) in [6, 6.07) is 11.1. The van der Waals surface area contributed by atoms with Crippen LogP contribution in [0.25, 0.3) is 0 Å². The zero-order valence-corrected chi connectivity index (χ0v) is 23.9. The van der Waals surface area contributed by atoms with Gasteiger partial charge in [-0.2, -0.15) is 0 Å². The molecule has 2 aromatic carbocycles. The van der Waals surface area contributed by atoms with Gasteiger partial charge in [-0.25, -0.2) is 4.79 Å². The lowest BCUT2D eigenvalue weighted by Gasteiger charge is -2.36. The number of aliphatic hydroxyl groups excluding tert-OH is 1. The van der Waals surface area contributed by atoms with Gasteiger partial charge in [0.25, 0.3) is 5.91 Å². The highest BCUT2D eigenvalue weighted by Crippen LogP contribution is 2.29. The average molecular weight is 526 g/mol. The van der Waals surface area contributed by atoms with Crippen LogP contribution in [0.5, 0.6) is 0 Å². The number of para-hydroxylation sites is 1. The first-order valence-corrected chi connectivity index (χ1v) is 13.1. The summed E-state index contributed by atoms with van der Waals surface area (Å²) < 4.78 is 5.42. The second-order valence-corrected chi connectivity index (χ2v) is 10.8. The molecule has 208 valence electrons. The van der Waals surface area contributed by atoms with Crippen LogP contribution in [0.2, 0.25) is 0 Å². The minimum Gasteiger partial charge on any atom is -0.444 e. The van der Waals surface area contributed by atoms with Crippen LogP contribution in [0, 0.1) is 26.7 Å². The lowest BCUT2D eigenvalue weighted by atomic mass is 9.94. The minimum atomic E-state index is -1.04. The third-order valence-electron chi connectivity index (χ3n) is 6.55. The summed E-state index contributed by atoms with van der Waals surface area (Å²) in [6.45, 7) is 14.3. The molecule has 0 saturated heterocycles. The van der Waals surface area contributed by atoms with Crippen LogP contribution >= 0.6 is 0 Å². The number of benzene rings is 2. The van der Waals surface area contributed by atoms with Gasteiger partial charge in [0.2, 0.25) is 5.91 Å². The van der Waals surface area contributed by atoms with E-state index in [-0.39, 0.29) is 19.1 Å². The SMILES string of the molecule is CCC(C)C(NC(=O)OC(C)(C)C)C(=O)N(CCO)C(C(=O)Nc1c(C)cccc1C)c1ccccc1C. The first-order chi connectivity index (χ1) is 17.8. The number of hydrogen-bond donors (Lipinski definition) is 3. The fraction of sp³-hybridized carbons (Fsp3) is 0.500. The molecule has 0 radical (unpaired) electrons. The smallest absolute Gasteiger partial charge is 0.408 e. The molecular formula is C30H43N3O5. The number of carbonyl (C=O) groups is 3. The lowest BCUT2D eigenvalue weighted by molar-refractivity contribution is -0.142. The lowest BCUT2D eigenvalue weighted by Crippen LogP contribution is -2.55. The molecular weight excluding hydrogens is 482 g/mol. The molecule has 2 rings (SSSR count). The van der Waals surface area contributed by atoms with E-state index in [1.54, 1.807) is 20.8 Å². The van der Waals surface area contributed by atoms with Gasteiger partial charge in [0.15, 0.2) is 0 Å². The van der Waals surface area contributed by atoms with Gasteiger partial charge < -0.3 is 25.4 Å². The quantitative estimate of drug-likeness (QED) is 0.402. The number of nitrogens with zero attached hydrogens (tertiary/aromatic N) is 1. The van der Waals surface area contributed by atoms with Crippen molar-refractivity contribution in [3.05, 3.63) is 64.7 Å². The van der Waals surface area contributed by atoms with E-state index in [0.29, 0.717) is 17.7 Å². The molecule has 0 bridgehead atoms. The summed E-state index contributed by atoms with van der Waals surface area (Å²) in [4.78, 5) is 42.1. The van der Waals surface area contributed by atoms with Crippen molar-refractivity contribution in [1.82, 2.24) is 10.2 Å². The Balaban J connectivity index is 2.57. The second kappa shape index (κ2) is 13.4. The van der Waals surface area contributed by atoms with E-state index in [1.807, 2.05) is 77.1 Å². The predicted molar refractivity (Wildman–Crippen MR) is 150 cm³/mol. The molecule has 0 aliphatic rings. The molecule has 0 saturated carbocycles. The van der Waals surface area contributed by atoms with Gasteiger partial charge in [-0.3, -0.25) is 9.59 Å². The molecule has 3 N–H and O–H groups in total. The Hall–Kier alpha value is -3.39. The van der Waals surface area contributed by atoms with Gasteiger partial charge in [-0.15, -0.1) is 0 Å². The summed E-state index contributed by atoms with van der Waals surface area (Å²) in [5, 5.41) is 15.7. The van der Waals surface area contributed by atoms with E-state index in [9.17, 15) is 19.5 Å². The normalized spacial score (nSPS) is 13.7. The predicted octanol–water partition coefficient (Wildman–Crippen LogP) is 5.05. The van der Waals surface area contributed by atoms with Gasteiger partial charge in [-0.1, -0.05) is 62.7 Å². The van der Waals surface area contributed by atoms with Crippen molar-refractivity contribution in [2.75, 3.05) is 18.5 Å². The Labute approximate surface area is 226 Å². The second-order valence-electron chi connectivity index (χ2n) is 10.8. The van der Waals surface area contributed by atoms with E-state index >= 15 is 0 Å². The molecule has 8 nitrogen and oxygen atoms in total. The van der Waals surface area contributed by atoms with E-state index in [0.717, 1.165) is 16.7 Å². The Morgan fingerprint density at radius 2 is 1.55 bits per heavy atom. The number of carbonyl (C=O) groups excluding carboxylic acids is 3. The number of aryl methyl sites for hydroxylation is 3. The maximum Gasteiger partial charge on any atom is 0.408 e. The summed E-state index contributed by atoms with van der Waals surface area (Å²) in [7, 11) is 0. The standard InChI is InChI=1S/C30H43N3O5/c1-9-19(2)25(32-29(37)38-30(6,7)8)28(36)33(17-18-34)26(23-16-11-10-13-20(23)3)27(35)31-24-21(4)14-12-15-22(24)5/h10-16,19,25-26,34H,9,17-18H2,1-8H3,(H,31,35)(H,32,37). The zero-order chi connectivity index (χ0) is 28.6. The number of amides is 3. The van der Waals surface area contributed by atoms with Crippen molar-refractivity contribution in [3.8, 4) is 0 Å². The molecule has 3 amide bonds. The van der Waals surface area contributed by atoms with E-state index in [4.69, 9.17) is 4.74 Å². The van der Waals surface area contributed by atoms with Gasteiger partial charge in [0, 0.05) is 12.2 Å². The number of ether oxygens (including phenoxy) is 1. The molecule has 0 heterocycles. The van der Waals surface area contributed by atoms with Crippen LogP contribution in [0.15, 0.2) is 42.5 Å². The molecule has 0 aliphatic heterocycles. The van der Waals surface area contributed by atoms with Crippen LogP contribution < -0.4 is 10.6 Å². The van der Waals surface area contributed by atoms with E-state index in [1.165, 1.54) is 4.90 Å². The summed E-state index contributed by atoms with van der Waals surface area (Å²) in [5.41, 5.74) is 3.19. The monoisotopic (exact) mass is 525 g/mol. The number of aliphatic hydroxyl groups is 1. The van der Waals surface area contributed by atoms with E-state index < -0.39 is 35.6 Å². The molecule has 8 heteroatoms. The highest BCUT2D eigenvalue weighted by molar-refractivity contribution is 6.00. The Morgan fingerprint density at radius 1 is 0.974 bits per heavy atom. The van der Waals surface area contributed by atoms with Crippen molar-refractivity contribution >= 4 is 23.6 Å². The van der Waals surface area contributed by atoms with Crippen LogP contribution in [0.1, 0.15) is 69.3 Å². The molecule has 0 aliphatic carbocycles. The summed E-state index contributed by atoms with van der Waals surface area (Å²) in [5.74, 6) is -1.13. The van der Waals surface area contributed by atoms with Crippen molar-refractivity contribution in [2.24, 2.45) is 5.92 Å². The van der Waals surface area contributed by atoms with E-state index in [2.05, 4.69) is 10.6 Å². The maximum atomic E-state index is 14.1. The van der Waals surface area contributed by atoms with Crippen molar-refractivity contribution in [3.63, 3.8) is 0 Å². The third kappa shape index (κ3) is 8.05. The maximum absolute atomic E-state index is 14.1. The topological polar surface area (TPSA) is 108 Å². The molecule has 3 unspecified atom stereocenters. The molecule has 2 aromatic rings. The Kier molecular flexibility index (Phi) is 10.9. The van der Waals surface area contributed by atoms with Crippen LogP contribution in [-0.4, -0.2) is 52.7 Å². The number of rotatable bonds is 10. The molecule has 38 heavy (non-hydrogen) atoms. The van der Waals surface area contributed by atoms with Crippen LogP contribution in [0.3, 0.4) is 0 Å². The average Bonchev–Trinajstić information content (AvgIpc) is 2.83. The van der Waals surface area contributed by atoms with Crippen LogP contribution in [0.4, 0.5) is 10.5 Å². The van der Waals surface area contributed by atoms with Crippen molar-refractivity contribution in [2.45, 2.75) is 79.5 Å². The minimum absolute atomic E-state index is 0.0963. The molecule has 3 atom stereocenters. The van der Waals surface area contributed by atoms with Gasteiger partial charge in [0.05, 0.1) is 6.61 Å². The molecule has 0 aromatic heterocycles. The van der Waals surface area contributed by atoms with Gasteiger partial charge in [0.1, 0.15) is 17.7 Å². The van der Waals surface area contributed by atoms with Crippen LogP contribution in [-0.2, 0) is 14.3 Å². The highest BCUT2D eigenvalue weighted by atomic mass is 16.6. The molecule has 0 spiro atoms. The zero-order valence-electron chi connectivity index (χ0n) is 23.9. The number of alkyl carbamates (subject to hydrolysis) is 1. The summed E-state index contributed by atoms with van der Waals surface area (Å²) >= 11 is 0. The van der Waals surface area contributed by atoms with Gasteiger partial charge in [-0.05, 0) is 69.7 Å². The first-order valence-electron chi connectivity index (χ1n) is 13.1.